The molecule has 11 heteroatoms. The van der Waals surface area contributed by atoms with E-state index in [4.69, 9.17) is 0 Å². The topological polar surface area (TPSA) is 67.4 Å². The molecule has 27 heavy (non-hydrogen) atoms. The van der Waals surface area contributed by atoms with Crippen LogP contribution in [-0.2, 0) is 4.79 Å². The van der Waals surface area contributed by atoms with E-state index in [1.807, 2.05) is 0 Å². The van der Waals surface area contributed by atoms with Gasteiger partial charge in [0.1, 0.15) is 0 Å². The molecule has 2 unspecified atom stereocenters. The molecular weight excluding hydrogens is 395 g/mol. The molecule has 2 amide bonds. The van der Waals surface area contributed by atoms with Gasteiger partial charge in [0.15, 0.2) is 0 Å². The van der Waals surface area contributed by atoms with Gasteiger partial charge in [-0.1, -0.05) is 6.42 Å². The van der Waals surface area contributed by atoms with E-state index in [1.54, 1.807) is 11.8 Å². The first-order valence-electron chi connectivity index (χ1n) is 8.20. The average molecular weight is 410 g/mol. The molecule has 0 saturated carbocycles. The number of fused-ring (bicyclic) bond motifs is 1. The molecule has 0 aromatic heterocycles. The third-order valence-electron chi connectivity index (χ3n) is 4.44. The van der Waals surface area contributed by atoms with Crippen LogP contribution < -0.4 is 15.4 Å². The summed E-state index contributed by atoms with van der Waals surface area (Å²) in [6.07, 6.45) is 1.34. The molecule has 2 heterocycles. The van der Waals surface area contributed by atoms with Gasteiger partial charge < -0.3 is 15.4 Å². The number of carbonyl (C=O) groups excluding carboxylic acids is 2. The van der Waals surface area contributed by atoms with Crippen molar-refractivity contribution in [3.63, 3.8) is 0 Å². The smallest absolute Gasteiger partial charge is 0.315 e. The summed E-state index contributed by atoms with van der Waals surface area (Å²) in [5.74, 6) is -12.9. The maximum absolute atomic E-state index is 13.5. The number of nitrogens with one attached hydrogen (secondary N) is 2. The predicted molar refractivity (Wildman–Crippen MR) is 85.8 cm³/mol. The number of hydrogen-bond donors (Lipinski definition) is 2. The summed E-state index contributed by atoms with van der Waals surface area (Å²) in [4.78, 5) is 23.0. The monoisotopic (exact) mass is 410 g/mol. The fourth-order valence-corrected chi connectivity index (χ4v) is 4.64. The fourth-order valence-electron chi connectivity index (χ4n) is 3.10. The van der Waals surface area contributed by atoms with Crippen molar-refractivity contribution in [2.75, 3.05) is 5.75 Å². The minimum absolute atomic E-state index is 0.0165. The number of carbonyl (C=O) groups is 2. The standard InChI is InChI=1S/C16H15F5N2O3S/c17-9-10(18)12(20)15(13(21)11(9)19)26-8(24)4-2-1-3-7-14-6(5-27-7)22-16(25)23-14/h6-7,14H,1-5H2,(H2,22,23,25)/t6?,7-,14?/m0/s1. The first kappa shape index (κ1) is 19.7. The van der Waals surface area contributed by atoms with E-state index < -0.39 is 40.8 Å². The Hall–Kier alpha value is -2.04. The minimum atomic E-state index is -2.31. The van der Waals surface area contributed by atoms with Crippen LogP contribution in [0.5, 0.6) is 5.75 Å². The lowest BCUT2D eigenvalue weighted by molar-refractivity contribution is -0.135. The summed E-state index contributed by atoms with van der Waals surface area (Å²) in [6.45, 7) is 0. The lowest BCUT2D eigenvalue weighted by Gasteiger charge is -2.16. The van der Waals surface area contributed by atoms with E-state index in [0.717, 1.165) is 5.75 Å². The molecule has 0 bridgehead atoms. The third-order valence-corrected chi connectivity index (χ3v) is 5.95. The van der Waals surface area contributed by atoms with E-state index in [9.17, 15) is 31.5 Å². The van der Waals surface area contributed by atoms with Crippen molar-refractivity contribution in [1.29, 1.82) is 0 Å². The second-order valence-electron chi connectivity index (χ2n) is 6.24. The van der Waals surface area contributed by atoms with Crippen LogP contribution in [0.3, 0.4) is 0 Å². The van der Waals surface area contributed by atoms with Crippen molar-refractivity contribution in [1.82, 2.24) is 10.6 Å². The van der Waals surface area contributed by atoms with Crippen molar-refractivity contribution in [2.24, 2.45) is 0 Å². The van der Waals surface area contributed by atoms with E-state index >= 15 is 0 Å². The van der Waals surface area contributed by atoms with Crippen molar-refractivity contribution in [3.05, 3.63) is 29.1 Å². The van der Waals surface area contributed by atoms with E-state index in [1.165, 1.54) is 0 Å². The van der Waals surface area contributed by atoms with Gasteiger partial charge in [-0.05, 0) is 12.8 Å². The maximum atomic E-state index is 13.5. The molecule has 2 saturated heterocycles. The fraction of sp³-hybridized carbons (Fsp3) is 0.500. The van der Waals surface area contributed by atoms with Crippen molar-refractivity contribution in [2.45, 2.75) is 43.0 Å². The Morgan fingerprint density at radius 3 is 2.30 bits per heavy atom. The minimum Gasteiger partial charge on any atom is -0.420 e. The molecule has 5 nitrogen and oxygen atoms in total. The van der Waals surface area contributed by atoms with Crippen molar-refractivity contribution in [3.8, 4) is 5.75 Å². The van der Waals surface area contributed by atoms with Crippen molar-refractivity contribution >= 4 is 23.8 Å². The average Bonchev–Trinajstić information content (AvgIpc) is 3.18. The highest BCUT2D eigenvalue weighted by Crippen LogP contribution is 2.33. The highest BCUT2D eigenvalue weighted by atomic mass is 32.2. The Morgan fingerprint density at radius 1 is 1.00 bits per heavy atom. The molecule has 1 aromatic carbocycles. The molecule has 2 aliphatic heterocycles. The van der Waals surface area contributed by atoms with Crippen LogP contribution in [0.4, 0.5) is 26.7 Å². The number of urea groups is 1. The molecule has 3 atom stereocenters. The van der Waals surface area contributed by atoms with Gasteiger partial charge in [0, 0.05) is 17.4 Å². The number of thioether (sulfide) groups is 1. The molecular formula is C16H15F5N2O3S. The number of esters is 1. The molecule has 0 spiro atoms. The lowest BCUT2D eigenvalue weighted by Crippen LogP contribution is -2.36. The molecule has 2 aliphatic rings. The Kier molecular flexibility index (Phi) is 5.78. The van der Waals surface area contributed by atoms with Gasteiger partial charge in [-0.3, -0.25) is 4.79 Å². The zero-order valence-electron chi connectivity index (χ0n) is 13.8. The molecule has 1 aromatic rings. The largest absolute Gasteiger partial charge is 0.420 e. The maximum Gasteiger partial charge on any atom is 0.315 e. The second kappa shape index (κ2) is 7.91. The van der Waals surface area contributed by atoms with Crippen LogP contribution in [0.1, 0.15) is 25.7 Å². The molecule has 2 fully saturated rings. The Labute approximate surface area is 155 Å². The Balaban J connectivity index is 1.48. The van der Waals surface area contributed by atoms with Crippen LogP contribution >= 0.6 is 11.8 Å². The highest BCUT2D eigenvalue weighted by Gasteiger charge is 2.42. The Bertz CT molecular complexity index is 750. The summed E-state index contributed by atoms with van der Waals surface area (Å²) in [5, 5.41) is 5.81. The van der Waals surface area contributed by atoms with Crippen LogP contribution in [0.15, 0.2) is 0 Å². The molecule has 3 rings (SSSR count). The van der Waals surface area contributed by atoms with Gasteiger partial charge in [0.25, 0.3) is 0 Å². The first-order valence-corrected chi connectivity index (χ1v) is 9.25. The summed E-state index contributed by atoms with van der Waals surface area (Å²) in [6, 6.07) is -0.115. The number of amides is 2. The molecule has 0 aliphatic carbocycles. The van der Waals surface area contributed by atoms with E-state index in [-0.39, 0.29) is 29.8 Å². The molecule has 0 radical (unpaired) electrons. The van der Waals surface area contributed by atoms with Crippen LogP contribution in [-0.4, -0.2) is 35.1 Å². The van der Waals surface area contributed by atoms with E-state index in [2.05, 4.69) is 15.4 Å². The number of halogens is 5. The highest BCUT2D eigenvalue weighted by molar-refractivity contribution is 8.00. The van der Waals surface area contributed by atoms with Gasteiger partial charge in [0.05, 0.1) is 12.1 Å². The zero-order valence-corrected chi connectivity index (χ0v) is 14.6. The number of benzene rings is 1. The predicted octanol–water partition coefficient (Wildman–Crippen LogP) is 3.01. The Morgan fingerprint density at radius 2 is 1.63 bits per heavy atom. The number of ether oxygens (including phenoxy) is 1. The van der Waals surface area contributed by atoms with E-state index in [0.29, 0.717) is 19.3 Å². The van der Waals surface area contributed by atoms with Crippen LogP contribution in [0.2, 0.25) is 0 Å². The van der Waals surface area contributed by atoms with Gasteiger partial charge in [-0.2, -0.15) is 20.5 Å². The molecule has 2 N–H and O–H groups in total. The second-order valence-corrected chi connectivity index (χ2v) is 7.51. The third kappa shape index (κ3) is 3.97. The summed E-state index contributed by atoms with van der Waals surface area (Å²) in [5.41, 5.74) is 0. The number of unbranched alkanes of at least 4 members (excludes halogenated alkanes) is 1. The summed E-state index contributed by atoms with van der Waals surface area (Å²) in [7, 11) is 0. The van der Waals surface area contributed by atoms with Gasteiger partial charge in [-0.15, -0.1) is 0 Å². The van der Waals surface area contributed by atoms with Gasteiger partial charge >= 0.3 is 12.0 Å². The molecule has 148 valence electrons. The number of hydrogen-bond acceptors (Lipinski definition) is 4. The SMILES string of the molecule is O=C1NC2CS[C@@H](CCCCC(=O)Oc3c(F)c(F)c(F)c(F)c3F)C2N1. The van der Waals surface area contributed by atoms with Crippen LogP contribution in [0, 0.1) is 29.1 Å². The zero-order chi connectivity index (χ0) is 19.7. The van der Waals surface area contributed by atoms with Crippen LogP contribution in [0.25, 0.3) is 0 Å². The van der Waals surface area contributed by atoms with Gasteiger partial charge in [-0.25, -0.2) is 18.0 Å². The normalized spacial score (nSPS) is 23.7. The first-order chi connectivity index (χ1) is 12.8. The summed E-state index contributed by atoms with van der Waals surface area (Å²) < 4.78 is 70.4. The van der Waals surface area contributed by atoms with Gasteiger partial charge in [0.2, 0.25) is 34.8 Å². The quantitative estimate of drug-likeness (QED) is 0.144. The number of rotatable bonds is 6. The lowest BCUT2D eigenvalue weighted by atomic mass is 10.0. The summed E-state index contributed by atoms with van der Waals surface area (Å²) >= 11 is 1.69. The van der Waals surface area contributed by atoms with Crippen molar-refractivity contribution < 1.29 is 36.3 Å².